The van der Waals surface area contributed by atoms with E-state index in [1.165, 1.54) is 6.92 Å². The molecule has 0 fully saturated rings. The maximum absolute atomic E-state index is 10.8. The third-order valence-electron chi connectivity index (χ3n) is 1.94. The van der Waals surface area contributed by atoms with Crippen LogP contribution in [0.1, 0.15) is 18.9 Å². The maximum atomic E-state index is 10.8. The van der Waals surface area contributed by atoms with E-state index in [0.717, 1.165) is 0 Å². The predicted molar refractivity (Wildman–Crippen MR) is 56.3 cm³/mol. The minimum atomic E-state index is -0.234. The van der Waals surface area contributed by atoms with Crippen molar-refractivity contribution < 1.29 is 9.90 Å². The Bertz CT molecular complexity index is 408. The van der Waals surface area contributed by atoms with Gasteiger partial charge in [-0.25, -0.2) is 0 Å². The topological polar surface area (TPSA) is 73.1 Å². The first-order valence-electron chi connectivity index (χ1n) is 4.60. The van der Waals surface area contributed by atoms with Crippen molar-refractivity contribution in [2.45, 2.75) is 19.8 Å². The molecule has 78 valence electrons. The first-order valence-corrected chi connectivity index (χ1v) is 4.60. The molecule has 1 amide bonds. The number of hydrogen-bond acceptors (Lipinski definition) is 3. The summed E-state index contributed by atoms with van der Waals surface area (Å²) in [4.78, 5) is 10.8. The van der Waals surface area contributed by atoms with E-state index in [4.69, 9.17) is 5.26 Å². The lowest BCUT2D eigenvalue weighted by molar-refractivity contribution is -0.114. The summed E-state index contributed by atoms with van der Waals surface area (Å²) in [7, 11) is 0. The number of amides is 1. The number of phenols is 1. The average molecular weight is 204 g/mol. The highest BCUT2D eigenvalue weighted by molar-refractivity contribution is 5.90. The summed E-state index contributed by atoms with van der Waals surface area (Å²) >= 11 is 0. The first-order chi connectivity index (χ1) is 7.15. The first kappa shape index (κ1) is 11.1. The van der Waals surface area contributed by atoms with Gasteiger partial charge >= 0.3 is 0 Å². The summed E-state index contributed by atoms with van der Waals surface area (Å²) in [5, 5.41) is 20.7. The van der Waals surface area contributed by atoms with E-state index in [-0.39, 0.29) is 11.7 Å². The molecular formula is C11H12N2O2. The molecule has 0 spiro atoms. The van der Waals surface area contributed by atoms with Gasteiger partial charge in [0.15, 0.2) is 0 Å². The second-order valence-corrected chi connectivity index (χ2v) is 3.15. The molecule has 0 saturated heterocycles. The van der Waals surface area contributed by atoms with Crippen LogP contribution in [0.25, 0.3) is 0 Å². The van der Waals surface area contributed by atoms with Gasteiger partial charge < -0.3 is 10.4 Å². The van der Waals surface area contributed by atoms with Crippen molar-refractivity contribution in [1.82, 2.24) is 0 Å². The SMILES string of the molecule is CC(=O)Nc1cccc(CCC#N)c1O. The number of benzene rings is 1. The van der Waals surface area contributed by atoms with E-state index in [0.29, 0.717) is 24.1 Å². The number of aryl methyl sites for hydroxylation is 1. The molecule has 0 aliphatic rings. The number of anilines is 1. The molecule has 15 heavy (non-hydrogen) atoms. The molecular weight excluding hydrogens is 192 g/mol. The molecule has 0 heterocycles. The largest absolute Gasteiger partial charge is 0.505 e. The Labute approximate surface area is 88.2 Å². The molecule has 0 atom stereocenters. The molecule has 4 nitrogen and oxygen atoms in total. The zero-order chi connectivity index (χ0) is 11.3. The van der Waals surface area contributed by atoms with Gasteiger partial charge in [-0.05, 0) is 18.1 Å². The van der Waals surface area contributed by atoms with Crippen molar-refractivity contribution in [3.05, 3.63) is 23.8 Å². The summed E-state index contributed by atoms with van der Waals surface area (Å²) in [5.41, 5.74) is 1.06. The Morgan fingerprint density at radius 1 is 1.60 bits per heavy atom. The van der Waals surface area contributed by atoms with Crippen LogP contribution in [0.4, 0.5) is 5.69 Å². The number of nitrogens with one attached hydrogen (secondary N) is 1. The van der Waals surface area contributed by atoms with E-state index >= 15 is 0 Å². The van der Waals surface area contributed by atoms with E-state index in [1.807, 2.05) is 6.07 Å². The zero-order valence-electron chi connectivity index (χ0n) is 8.45. The molecule has 0 unspecified atom stereocenters. The van der Waals surface area contributed by atoms with Gasteiger partial charge in [0, 0.05) is 13.3 Å². The van der Waals surface area contributed by atoms with Crippen molar-refractivity contribution >= 4 is 11.6 Å². The van der Waals surface area contributed by atoms with Crippen LogP contribution in [-0.2, 0) is 11.2 Å². The third kappa shape index (κ3) is 2.99. The fraction of sp³-hybridized carbons (Fsp3) is 0.273. The zero-order valence-corrected chi connectivity index (χ0v) is 8.45. The fourth-order valence-corrected chi connectivity index (χ4v) is 1.27. The lowest BCUT2D eigenvalue weighted by atomic mass is 10.1. The van der Waals surface area contributed by atoms with E-state index in [2.05, 4.69) is 5.32 Å². The molecule has 0 aliphatic carbocycles. The number of hydrogen-bond donors (Lipinski definition) is 2. The molecule has 1 aromatic rings. The van der Waals surface area contributed by atoms with Crippen LogP contribution in [0.5, 0.6) is 5.75 Å². The minimum Gasteiger partial charge on any atom is -0.505 e. The molecule has 1 rings (SSSR count). The van der Waals surface area contributed by atoms with Gasteiger partial charge in [0.05, 0.1) is 11.8 Å². The molecule has 0 saturated carbocycles. The Morgan fingerprint density at radius 3 is 2.93 bits per heavy atom. The Morgan fingerprint density at radius 2 is 2.33 bits per heavy atom. The van der Waals surface area contributed by atoms with Crippen LogP contribution in [-0.4, -0.2) is 11.0 Å². The van der Waals surface area contributed by atoms with Crippen molar-refractivity contribution in [1.29, 1.82) is 5.26 Å². The van der Waals surface area contributed by atoms with E-state index in [1.54, 1.807) is 18.2 Å². The van der Waals surface area contributed by atoms with Crippen LogP contribution in [0, 0.1) is 11.3 Å². The minimum absolute atomic E-state index is 0.0444. The summed E-state index contributed by atoms with van der Waals surface area (Å²) in [5.74, 6) is -0.189. The monoisotopic (exact) mass is 204 g/mol. The smallest absolute Gasteiger partial charge is 0.221 e. The number of aromatic hydroxyl groups is 1. The highest BCUT2D eigenvalue weighted by Crippen LogP contribution is 2.28. The van der Waals surface area contributed by atoms with Gasteiger partial charge in [0.2, 0.25) is 5.91 Å². The van der Waals surface area contributed by atoms with Gasteiger partial charge in [-0.1, -0.05) is 12.1 Å². The van der Waals surface area contributed by atoms with Gasteiger partial charge in [0.1, 0.15) is 5.75 Å². The number of carbonyl (C=O) groups excluding carboxylic acids is 1. The molecule has 0 radical (unpaired) electrons. The molecule has 2 N–H and O–H groups in total. The van der Waals surface area contributed by atoms with Crippen LogP contribution in [0.3, 0.4) is 0 Å². The summed E-state index contributed by atoms with van der Waals surface area (Å²) in [6.45, 7) is 1.38. The van der Waals surface area contributed by atoms with Gasteiger partial charge in [-0.15, -0.1) is 0 Å². The summed E-state index contributed by atoms with van der Waals surface area (Å²) < 4.78 is 0. The quantitative estimate of drug-likeness (QED) is 0.737. The number of nitrogens with zero attached hydrogens (tertiary/aromatic N) is 1. The molecule has 1 aromatic carbocycles. The maximum Gasteiger partial charge on any atom is 0.221 e. The summed E-state index contributed by atoms with van der Waals surface area (Å²) in [6, 6.07) is 7.09. The average Bonchev–Trinajstić information content (AvgIpc) is 2.19. The van der Waals surface area contributed by atoms with Crippen LogP contribution < -0.4 is 5.32 Å². The van der Waals surface area contributed by atoms with E-state index in [9.17, 15) is 9.90 Å². The number of carbonyl (C=O) groups is 1. The molecule has 4 heteroatoms. The van der Waals surface area contributed by atoms with Crippen molar-refractivity contribution in [2.24, 2.45) is 0 Å². The van der Waals surface area contributed by atoms with Crippen LogP contribution in [0.15, 0.2) is 18.2 Å². The number of nitriles is 1. The Hall–Kier alpha value is -2.02. The van der Waals surface area contributed by atoms with Gasteiger partial charge in [0.25, 0.3) is 0 Å². The van der Waals surface area contributed by atoms with Crippen LogP contribution >= 0.6 is 0 Å². The number of para-hydroxylation sites is 1. The predicted octanol–water partition coefficient (Wildman–Crippen LogP) is 1.81. The molecule has 0 aliphatic heterocycles. The lowest BCUT2D eigenvalue weighted by Gasteiger charge is -2.08. The summed E-state index contributed by atoms with van der Waals surface area (Å²) in [6.07, 6.45) is 0.826. The molecule has 0 aromatic heterocycles. The fourth-order valence-electron chi connectivity index (χ4n) is 1.27. The Kier molecular flexibility index (Phi) is 3.69. The van der Waals surface area contributed by atoms with Gasteiger partial charge in [-0.2, -0.15) is 5.26 Å². The highest BCUT2D eigenvalue weighted by Gasteiger charge is 2.07. The highest BCUT2D eigenvalue weighted by atomic mass is 16.3. The third-order valence-corrected chi connectivity index (χ3v) is 1.94. The number of rotatable bonds is 3. The normalized spacial score (nSPS) is 9.33. The second kappa shape index (κ2) is 5.01. The molecule has 0 bridgehead atoms. The van der Waals surface area contributed by atoms with E-state index < -0.39 is 0 Å². The second-order valence-electron chi connectivity index (χ2n) is 3.15. The van der Waals surface area contributed by atoms with Crippen LogP contribution in [0.2, 0.25) is 0 Å². The number of phenolic OH excluding ortho intramolecular Hbond substituents is 1. The van der Waals surface area contributed by atoms with Gasteiger partial charge in [-0.3, -0.25) is 4.79 Å². The van der Waals surface area contributed by atoms with Crippen molar-refractivity contribution in [3.63, 3.8) is 0 Å². The van der Waals surface area contributed by atoms with Crippen molar-refractivity contribution in [2.75, 3.05) is 5.32 Å². The lowest BCUT2D eigenvalue weighted by Crippen LogP contribution is -2.06. The standard InChI is InChI=1S/C11H12N2O2/c1-8(14)13-10-6-2-4-9(11(10)15)5-3-7-12/h2,4,6,15H,3,5H2,1H3,(H,13,14). The van der Waals surface area contributed by atoms with Crippen molar-refractivity contribution in [3.8, 4) is 11.8 Å². The Balaban J connectivity index is 2.90.